The van der Waals surface area contributed by atoms with Gasteiger partial charge in [-0.15, -0.1) is 0 Å². The molecule has 0 saturated carbocycles. The number of ether oxygens (including phenoxy) is 1. The highest BCUT2D eigenvalue weighted by molar-refractivity contribution is 5.81. The van der Waals surface area contributed by atoms with Crippen molar-refractivity contribution < 1.29 is 14.3 Å². The zero-order chi connectivity index (χ0) is 12.4. The van der Waals surface area contributed by atoms with Crippen molar-refractivity contribution >= 4 is 11.9 Å². The van der Waals surface area contributed by atoms with Gasteiger partial charge in [0.15, 0.2) is 0 Å². The lowest BCUT2D eigenvalue weighted by Gasteiger charge is -2.07. The first-order valence-corrected chi connectivity index (χ1v) is 5.30. The fourth-order valence-electron chi connectivity index (χ4n) is 0.870. The third kappa shape index (κ3) is 9.05. The van der Waals surface area contributed by atoms with Gasteiger partial charge in [0.25, 0.3) is 0 Å². The maximum atomic E-state index is 11.2. The minimum Gasteiger partial charge on any atom is -0.466 e. The smallest absolute Gasteiger partial charge is 0.331 e. The summed E-state index contributed by atoms with van der Waals surface area (Å²) in [5.74, 6) is 0.0422. The number of esters is 1. The Bertz CT molecular complexity index is 250. The van der Waals surface area contributed by atoms with E-state index in [0.717, 1.165) is 0 Å². The Balaban J connectivity index is 3.48. The van der Waals surface area contributed by atoms with Crippen molar-refractivity contribution in [3.05, 3.63) is 12.3 Å². The van der Waals surface area contributed by atoms with E-state index >= 15 is 0 Å². The molecular formula is C11H20N2O3. The summed E-state index contributed by atoms with van der Waals surface area (Å²) in [4.78, 5) is 21.9. The van der Waals surface area contributed by atoms with E-state index in [1.165, 1.54) is 19.4 Å². The van der Waals surface area contributed by atoms with E-state index < -0.39 is 5.97 Å². The average molecular weight is 228 g/mol. The molecule has 0 aliphatic heterocycles. The summed E-state index contributed by atoms with van der Waals surface area (Å²) >= 11 is 0. The molecule has 0 aromatic rings. The molecule has 5 heteroatoms. The molecule has 0 rings (SSSR count). The number of rotatable bonds is 7. The van der Waals surface area contributed by atoms with Crippen LogP contribution in [0.25, 0.3) is 0 Å². The normalized spacial score (nSPS) is 10.5. The number of methoxy groups -OCH3 is 1. The zero-order valence-corrected chi connectivity index (χ0v) is 10.1. The van der Waals surface area contributed by atoms with Gasteiger partial charge < -0.3 is 15.4 Å². The summed E-state index contributed by atoms with van der Waals surface area (Å²) in [6.07, 6.45) is 3.13. The third-order valence-corrected chi connectivity index (χ3v) is 1.74. The second-order valence-electron chi connectivity index (χ2n) is 3.76. The molecule has 0 atom stereocenters. The monoisotopic (exact) mass is 228 g/mol. The Hall–Kier alpha value is -1.52. The SMILES string of the molecule is COC(=O)/C=C/NCCC(=O)NCC(C)C. The van der Waals surface area contributed by atoms with Crippen LogP contribution in [0.4, 0.5) is 0 Å². The first-order chi connectivity index (χ1) is 7.56. The van der Waals surface area contributed by atoms with E-state index in [1.54, 1.807) is 0 Å². The van der Waals surface area contributed by atoms with Crippen LogP contribution in [0, 0.1) is 5.92 Å². The van der Waals surface area contributed by atoms with Gasteiger partial charge in [0.2, 0.25) is 5.91 Å². The van der Waals surface area contributed by atoms with Gasteiger partial charge in [0.05, 0.1) is 7.11 Å². The van der Waals surface area contributed by atoms with Gasteiger partial charge in [-0.05, 0) is 5.92 Å². The maximum absolute atomic E-state index is 11.2. The summed E-state index contributed by atoms with van der Waals surface area (Å²) in [5, 5.41) is 5.63. The molecule has 0 aromatic carbocycles. The minimum atomic E-state index is -0.420. The Morgan fingerprint density at radius 3 is 2.62 bits per heavy atom. The van der Waals surface area contributed by atoms with Crippen LogP contribution in [0.3, 0.4) is 0 Å². The molecule has 1 amide bonds. The van der Waals surface area contributed by atoms with Gasteiger partial charge in [-0.25, -0.2) is 4.79 Å². The number of nitrogens with one attached hydrogen (secondary N) is 2. The first kappa shape index (κ1) is 14.5. The van der Waals surface area contributed by atoms with Crippen LogP contribution in [-0.2, 0) is 14.3 Å². The molecule has 0 bridgehead atoms. The molecule has 0 aliphatic rings. The summed E-state index contributed by atoms with van der Waals surface area (Å²) in [5.41, 5.74) is 0. The Labute approximate surface area is 96.2 Å². The quantitative estimate of drug-likeness (QED) is 0.376. The van der Waals surface area contributed by atoms with E-state index in [4.69, 9.17) is 0 Å². The van der Waals surface area contributed by atoms with Gasteiger partial charge in [-0.2, -0.15) is 0 Å². The summed E-state index contributed by atoms with van der Waals surface area (Å²) < 4.78 is 4.40. The van der Waals surface area contributed by atoms with E-state index in [2.05, 4.69) is 15.4 Å². The van der Waals surface area contributed by atoms with Crippen molar-refractivity contribution in [2.45, 2.75) is 20.3 Å². The highest BCUT2D eigenvalue weighted by Crippen LogP contribution is 1.87. The number of hydrogen-bond acceptors (Lipinski definition) is 4. The molecule has 0 aliphatic carbocycles. The van der Waals surface area contributed by atoms with Crippen molar-refractivity contribution in [3.8, 4) is 0 Å². The molecule has 92 valence electrons. The van der Waals surface area contributed by atoms with Gasteiger partial charge in [-0.1, -0.05) is 13.8 Å². The topological polar surface area (TPSA) is 67.4 Å². The van der Waals surface area contributed by atoms with Gasteiger partial charge in [0, 0.05) is 31.8 Å². The lowest BCUT2D eigenvalue weighted by Crippen LogP contribution is -2.29. The molecule has 0 spiro atoms. The number of carbonyl (C=O) groups is 2. The van der Waals surface area contributed by atoms with Crippen LogP contribution in [0.5, 0.6) is 0 Å². The molecule has 5 nitrogen and oxygen atoms in total. The second-order valence-corrected chi connectivity index (χ2v) is 3.76. The molecular weight excluding hydrogens is 208 g/mol. The van der Waals surface area contributed by atoms with Crippen LogP contribution in [0.15, 0.2) is 12.3 Å². The molecule has 0 fully saturated rings. The van der Waals surface area contributed by atoms with Crippen molar-refractivity contribution in [3.63, 3.8) is 0 Å². The van der Waals surface area contributed by atoms with Crippen LogP contribution in [0.2, 0.25) is 0 Å². The average Bonchev–Trinajstić information content (AvgIpc) is 2.25. The van der Waals surface area contributed by atoms with Crippen molar-refractivity contribution in [2.75, 3.05) is 20.2 Å². The summed E-state index contributed by atoms with van der Waals surface area (Å²) in [6, 6.07) is 0. The lowest BCUT2D eigenvalue weighted by molar-refractivity contribution is -0.134. The highest BCUT2D eigenvalue weighted by atomic mass is 16.5. The molecule has 0 radical (unpaired) electrons. The summed E-state index contributed by atoms with van der Waals surface area (Å²) in [6.45, 7) is 5.27. The molecule has 2 N–H and O–H groups in total. The van der Waals surface area contributed by atoms with Crippen LogP contribution < -0.4 is 10.6 Å². The standard InChI is InChI=1S/C11H20N2O3/c1-9(2)8-13-10(14)4-6-12-7-5-11(15)16-3/h5,7,9,12H,4,6,8H2,1-3H3,(H,13,14)/b7-5+. The first-order valence-electron chi connectivity index (χ1n) is 5.30. The highest BCUT2D eigenvalue weighted by Gasteiger charge is 2.00. The van der Waals surface area contributed by atoms with Crippen LogP contribution >= 0.6 is 0 Å². The number of hydrogen-bond donors (Lipinski definition) is 2. The summed E-state index contributed by atoms with van der Waals surface area (Å²) in [7, 11) is 1.31. The Morgan fingerprint density at radius 1 is 1.38 bits per heavy atom. The van der Waals surface area contributed by atoms with E-state index in [-0.39, 0.29) is 5.91 Å². The zero-order valence-electron chi connectivity index (χ0n) is 10.1. The predicted molar refractivity (Wildman–Crippen MR) is 61.6 cm³/mol. The Kier molecular flexibility index (Phi) is 7.93. The fraction of sp³-hybridized carbons (Fsp3) is 0.636. The maximum Gasteiger partial charge on any atom is 0.331 e. The van der Waals surface area contributed by atoms with Crippen LogP contribution in [-0.4, -0.2) is 32.1 Å². The molecule has 0 saturated heterocycles. The van der Waals surface area contributed by atoms with E-state index in [9.17, 15) is 9.59 Å². The van der Waals surface area contributed by atoms with Crippen molar-refractivity contribution in [1.82, 2.24) is 10.6 Å². The minimum absolute atomic E-state index is 0.00710. The van der Waals surface area contributed by atoms with Crippen molar-refractivity contribution in [2.24, 2.45) is 5.92 Å². The molecule has 0 aromatic heterocycles. The van der Waals surface area contributed by atoms with Gasteiger partial charge in [0.1, 0.15) is 0 Å². The van der Waals surface area contributed by atoms with Gasteiger partial charge >= 0.3 is 5.97 Å². The molecule has 0 heterocycles. The third-order valence-electron chi connectivity index (χ3n) is 1.74. The van der Waals surface area contributed by atoms with E-state index in [1.807, 2.05) is 13.8 Å². The largest absolute Gasteiger partial charge is 0.466 e. The second kappa shape index (κ2) is 8.76. The Morgan fingerprint density at radius 2 is 2.06 bits per heavy atom. The number of carbonyl (C=O) groups excluding carboxylic acids is 2. The predicted octanol–water partition coefficient (Wildman–Crippen LogP) is 0.425. The van der Waals surface area contributed by atoms with Crippen LogP contribution in [0.1, 0.15) is 20.3 Å². The van der Waals surface area contributed by atoms with Gasteiger partial charge in [-0.3, -0.25) is 4.79 Å². The van der Waals surface area contributed by atoms with E-state index in [0.29, 0.717) is 25.4 Å². The molecule has 0 unspecified atom stereocenters. The van der Waals surface area contributed by atoms with Crippen molar-refractivity contribution in [1.29, 1.82) is 0 Å². The number of amides is 1. The lowest BCUT2D eigenvalue weighted by atomic mass is 10.2. The fourth-order valence-corrected chi connectivity index (χ4v) is 0.870. The molecule has 16 heavy (non-hydrogen) atoms.